The first-order chi connectivity index (χ1) is 41.5. The summed E-state index contributed by atoms with van der Waals surface area (Å²) >= 11 is 0. The number of anilines is 3. The van der Waals surface area contributed by atoms with Crippen molar-refractivity contribution in [2.45, 2.75) is 85.9 Å². The number of aromatic nitrogens is 12. The summed E-state index contributed by atoms with van der Waals surface area (Å²) in [7, 11) is 0. The molecular formula is C65H74N16O4. The first-order valence-corrected chi connectivity index (χ1v) is 30.0. The van der Waals surface area contributed by atoms with Crippen LogP contribution < -0.4 is 14.7 Å². The highest BCUT2D eigenvalue weighted by Gasteiger charge is 2.28. The lowest BCUT2D eigenvalue weighted by atomic mass is 10.00. The zero-order valence-corrected chi connectivity index (χ0v) is 49.6. The molecule has 20 nitrogen and oxygen atoms in total. The summed E-state index contributed by atoms with van der Waals surface area (Å²) in [6.07, 6.45) is 16.9. The smallest absolute Gasteiger partial charge is 0.228 e. The third kappa shape index (κ3) is 11.4. The van der Waals surface area contributed by atoms with Crippen LogP contribution in [0.2, 0.25) is 0 Å². The highest BCUT2D eigenvalue weighted by molar-refractivity contribution is 5.94. The van der Waals surface area contributed by atoms with Gasteiger partial charge in [0.25, 0.3) is 0 Å². The largest absolute Gasteiger partial charge is 0.508 e. The van der Waals surface area contributed by atoms with Crippen molar-refractivity contribution in [1.82, 2.24) is 58.6 Å². The lowest BCUT2D eigenvalue weighted by Crippen LogP contribution is -2.37. The first kappa shape index (κ1) is 56.8. The Morgan fingerprint density at radius 1 is 0.518 bits per heavy atom. The van der Waals surface area contributed by atoms with E-state index in [0.717, 1.165) is 120 Å². The summed E-state index contributed by atoms with van der Waals surface area (Å²) in [5.74, 6) is 3.28. The summed E-state index contributed by atoms with van der Waals surface area (Å²) in [6, 6.07) is 22.6. The van der Waals surface area contributed by atoms with E-state index in [1.165, 1.54) is 22.3 Å². The monoisotopic (exact) mass is 1140 g/mol. The Labute approximate surface area is 495 Å². The fourth-order valence-electron chi connectivity index (χ4n) is 11.5. The summed E-state index contributed by atoms with van der Waals surface area (Å²) in [4.78, 5) is 50.1. The van der Waals surface area contributed by atoms with Crippen LogP contribution in [0.1, 0.15) is 95.3 Å². The van der Waals surface area contributed by atoms with Crippen molar-refractivity contribution in [2.75, 3.05) is 93.6 Å². The Bertz CT molecular complexity index is 3970. The fraction of sp³-hybridized carbons (Fsp3) is 0.415. The van der Waals surface area contributed by atoms with E-state index in [4.69, 9.17) is 49.1 Å². The molecule has 9 heterocycles. The number of imidazole rings is 3. The van der Waals surface area contributed by atoms with E-state index in [1.807, 2.05) is 36.3 Å². The Morgan fingerprint density at radius 2 is 0.918 bits per heavy atom. The van der Waals surface area contributed by atoms with Gasteiger partial charge in [0.1, 0.15) is 45.4 Å². The quantitative estimate of drug-likeness (QED) is 0.120. The minimum absolute atomic E-state index is 0.210. The number of ether oxygens (including phenoxy) is 3. The highest BCUT2D eigenvalue weighted by Crippen LogP contribution is 2.38. The number of hydrogen-bond acceptors (Lipinski definition) is 17. The molecule has 3 saturated heterocycles. The normalized spacial score (nSPS) is 16.8. The number of allylic oxidation sites excluding steroid dienone is 2. The first-order valence-electron chi connectivity index (χ1n) is 30.0. The molecule has 14 rings (SSSR count). The molecular weight excluding hydrogens is 1070 g/mol. The lowest BCUT2D eigenvalue weighted by Gasteiger charge is -2.27. The van der Waals surface area contributed by atoms with Crippen molar-refractivity contribution in [1.29, 1.82) is 5.26 Å². The van der Waals surface area contributed by atoms with Gasteiger partial charge in [-0.3, -0.25) is 4.57 Å². The maximum atomic E-state index is 9.93. The van der Waals surface area contributed by atoms with Gasteiger partial charge in [0.05, 0.1) is 64.7 Å². The molecule has 3 fully saturated rings. The molecule has 6 aromatic heterocycles. The van der Waals surface area contributed by atoms with Crippen molar-refractivity contribution in [3.05, 3.63) is 114 Å². The Hall–Kier alpha value is -8.64. The van der Waals surface area contributed by atoms with E-state index in [-0.39, 0.29) is 17.8 Å². The van der Waals surface area contributed by atoms with Gasteiger partial charge in [-0.1, -0.05) is 107 Å². The molecule has 5 aliphatic rings. The van der Waals surface area contributed by atoms with Gasteiger partial charge in [-0.05, 0) is 79.3 Å². The van der Waals surface area contributed by atoms with Crippen LogP contribution in [-0.2, 0) is 27.1 Å². The van der Waals surface area contributed by atoms with Crippen LogP contribution >= 0.6 is 0 Å². The van der Waals surface area contributed by atoms with Gasteiger partial charge in [0.2, 0.25) is 17.8 Å². The lowest BCUT2D eigenvalue weighted by molar-refractivity contribution is 0.122. The molecule has 3 atom stereocenters. The molecule has 9 aromatic rings. The molecule has 0 radical (unpaired) electrons. The van der Waals surface area contributed by atoms with Gasteiger partial charge in [-0.15, -0.1) is 0 Å². The number of phenolic OH excluding ortho intramolecular Hbond substituents is 1. The van der Waals surface area contributed by atoms with Crippen LogP contribution in [0, 0.1) is 23.2 Å². The van der Waals surface area contributed by atoms with Crippen LogP contribution in [0.25, 0.3) is 79.4 Å². The van der Waals surface area contributed by atoms with E-state index in [2.05, 4.69) is 142 Å². The number of fused-ring (bicyclic) bond motifs is 5. The highest BCUT2D eigenvalue weighted by atomic mass is 16.5. The molecule has 3 unspecified atom stereocenters. The summed E-state index contributed by atoms with van der Waals surface area (Å²) in [6.45, 7) is 24.0. The SMILES string of the molecule is CC(C)C(C)n1cnc2c(-c3cccc(O)c3)nc(N3CCOCC3)nc21.CC(C)C(C)n1cnc2c(-c3cccc4c3C=CC4)nc(N3CCOCC3)nc21.CCC(C#N)n1cnc2c(-c3cccc4c3C=CC4)nc(N3CCOCC3)nc21. The van der Waals surface area contributed by atoms with E-state index < -0.39 is 0 Å². The molecule has 0 saturated carbocycles. The standard InChI is InChI=1S/C23H27N5O.C22H22N6O.C20H25N5O2/c1-15(2)16(3)28-14-24-21-20(19-9-5-7-17-6-4-8-18(17)19)25-23(26-22(21)28)27-10-12-29-13-11-27;1-2-16(13-23)28-14-24-20-19(18-8-4-6-15-5-3-7-17(15)18)25-22(26-21(20)28)27-9-11-29-12-10-27;1-13(2)14(3)25-12-21-18-17(15-5-4-6-16(26)11-15)22-20(23-19(18)25)24-7-9-27-10-8-24/h4-5,7-9,14-16H,6,10-13H2,1-3H3;3-4,6-8,14,16H,2,5,9-12H2,1H3;4-6,11-14,26H,7-10H2,1-3H3. The number of hydrogen-bond donors (Lipinski definition) is 1. The third-order valence-corrected chi connectivity index (χ3v) is 17.1. The van der Waals surface area contributed by atoms with E-state index in [1.54, 1.807) is 18.5 Å². The zero-order valence-electron chi connectivity index (χ0n) is 49.6. The number of rotatable bonds is 12. The molecule has 3 aliphatic heterocycles. The zero-order chi connectivity index (χ0) is 58.7. The molecule has 2 aliphatic carbocycles. The second-order valence-electron chi connectivity index (χ2n) is 22.9. The molecule has 3 aromatic carbocycles. The maximum absolute atomic E-state index is 9.93. The van der Waals surface area contributed by atoms with Crippen LogP contribution in [-0.4, -0.2) is 143 Å². The van der Waals surface area contributed by atoms with Crippen LogP contribution in [0.4, 0.5) is 17.8 Å². The van der Waals surface area contributed by atoms with Crippen LogP contribution in [0.3, 0.4) is 0 Å². The fourth-order valence-corrected chi connectivity index (χ4v) is 11.5. The second-order valence-corrected chi connectivity index (χ2v) is 22.9. The van der Waals surface area contributed by atoms with Crippen molar-refractivity contribution < 1.29 is 19.3 Å². The predicted octanol–water partition coefficient (Wildman–Crippen LogP) is 10.7. The van der Waals surface area contributed by atoms with E-state index in [0.29, 0.717) is 81.5 Å². The Balaban J connectivity index is 0.000000125. The van der Waals surface area contributed by atoms with Crippen LogP contribution in [0.5, 0.6) is 5.75 Å². The van der Waals surface area contributed by atoms with Gasteiger partial charge in [0, 0.05) is 68.0 Å². The van der Waals surface area contributed by atoms with Gasteiger partial charge in [0.15, 0.2) is 16.9 Å². The predicted molar refractivity (Wildman–Crippen MR) is 333 cm³/mol. The van der Waals surface area contributed by atoms with Crippen molar-refractivity contribution in [3.8, 4) is 45.6 Å². The number of nitrogens with zero attached hydrogens (tertiary/aromatic N) is 16. The van der Waals surface area contributed by atoms with Gasteiger partial charge >= 0.3 is 0 Å². The summed E-state index contributed by atoms with van der Waals surface area (Å²) < 4.78 is 22.7. The summed E-state index contributed by atoms with van der Waals surface area (Å²) in [5, 5.41) is 19.5. The molecule has 1 N–H and O–H groups in total. The molecule has 0 spiro atoms. The number of benzene rings is 3. The van der Waals surface area contributed by atoms with E-state index >= 15 is 0 Å². The number of nitriles is 1. The average molecular weight is 1140 g/mol. The number of phenols is 1. The molecule has 85 heavy (non-hydrogen) atoms. The van der Waals surface area contributed by atoms with Crippen molar-refractivity contribution in [3.63, 3.8) is 0 Å². The van der Waals surface area contributed by atoms with Crippen molar-refractivity contribution in [2.24, 2.45) is 11.8 Å². The average Bonchev–Trinajstić information content (AvgIpc) is 2.47. The minimum Gasteiger partial charge on any atom is -0.508 e. The maximum Gasteiger partial charge on any atom is 0.228 e. The number of aromatic hydroxyl groups is 1. The molecule has 20 heteroatoms. The number of morpholine rings is 3. The topological polar surface area (TPSA) is 212 Å². The van der Waals surface area contributed by atoms with E-state index in [9.17, 15) is 10.4 Å². The Kier molecular flexibility index (Phi) is 16.6. The van der Waals surface area contributed by atoms with Crippen molar-refractivity contribution >= 4 is 63.5 Å². The molecule has 0 bridgehead atoms. The van der Waals surface area contributed by atoms with Gasteiger partial charge in [-0.25, -0.2) is 29.9 Å². The molecule has 438 valence electrons. The summed E-state index contributed by atoms with van der Waals surface area (Å²) in [5.41, 5.74) is 15.4. The minimum atomic E-state index is -0.304. The van der Waals surface area contributed by atoms with Gasteiger partial charge < -0.3 is 43.2 Å². The van der Waals surface area contributed by atoms with Crippen LogP contribution in [0.15, 0.2) is 91.8 Å². The van der Waals surface area contributed by atoms with Gasteiger partial charge in [-0.2, -0.15) is 20.2 Å². The Morgan fingerprint density at radius 3 is 1.33 bits per heavy atom. The third-order valence-electron chi connectivity index (χ3n) is 17.1. The second kappa shape index (κ2) is 24.9. The molecule has 0 amide bonds.